The van der Waals surface area contributed by atoms with Crippen molar-refractivity contribution in [3.05, 3.63) is 12.8 Å². The number of rotatable bonds is 6. The molecule has 0 saturated heterocycles. The molecule has 0 unspecified atom stereocenters. The molecule has 0 aliphatic carbocycles. The summed E-state index contributed by atoms with van der Waals surface area (Å²) in [5.74, 6) is 0. The molecular formula is C8H17NO. The summed E-state index contributed by atoms with van der Waals surface area (Å²) in [6.45, 7) is 5.40. The molecule has 0 fully saturated rings. The quantitative estimate of drug-likeness (QED) is 0.412. The third-order valence-corrected chi connectivity index (χ3v) is 1.24. The van der Waals surface area contributed by atoms with E-state index < -0.39 is 0 Å². The van der Waals surface area contributed by atoms with Crippen LogP contribution < -0.4 is 0 Å². The minimum Gasteiger partial charge on any atom is -0.502 e. The summed E-state index contributed by atoms with van der Waals surface area (Å²) < 4.78 is 4.96. The van der Waals surface area contributed by atoms with Gasteiger partial charge in [0, 0.05) is 0 Å². The molecule has 0 heterocycles. The molecule has 0 aromatic rings. The van der Waals surface area contributed by atoms with Gasteiger partial charge in [0.2, 0.25) is 0 Å². The summed E-state index contributed by atoms with van der Waals surface area (Å²) in [4.78, 5) is 2.17. The number of hydrogen-bond acceptors (Lipinski definition) is 2. The summed E-state index contributed by atoms with van der Waals surface area (Å²) in [6, 6.07) is 0. The van der Waals surface area contributed by atoms with Gasteiger partial charge in [0.25, 0.3) is 0 Å². The lowest BCUT2D eigenvalue weighted by molar-refractivity contribution is 0.236. The molecule has 10 heavy (non-hydrogen) atoms. The molecule has 0 amide bonds. The maximum atomic E-state index is 4.96. The van der Waals surface area contributed by atoms with Crippen molar-refractivity contribution in [2.75, 3.05) is 27.2 Å². The van der Waals surface area contributed by atoms with E-state index in [-0.39, 0.29) is 0 Å². The molecule has 0 saturated carbocycles. The van der Waals surface area contributed by atoms with Crippen molar-refractivity contribution >= 4 is 0 Å². The molecule has 0 atom stereocenters. The van der Waals surface area contributed by atoms with Crippen LogP contribution >= 0.6 is 0 Å². The van der Waals surface area contributed by atoms with E-state index in [1.165, 1.54) is 12.7 Å². The van der Waals surface area contributed by atoms with E-state index in [0.717, 1.165) is 19.6 Å². The van der Waals surface area contributed by atoms with Crippen LogP contribution in [0.3, 0.4) is 0 Å². The normalized spacial score (nSPS) is 9.90. The van der Waals surface area contributed by atoms with Gasteiger partial charge in [-0.2, -0.15) is 0 Å². The van der Waals surface area contributed by atoms with Crippen molar-refractivity contribution < 1.29 is 4.74 Å². The van der Waals surface area contributed by atoms with E-state index in [4.69, 9.17) is 4.74 Å². The predicted molar refractivity (Wildman–Crippen MR) is 43.9 cm³/mol. The fourth-order valence-corrected chi connectivity index (χ4v) is 0.697. The van der Waals surface area contributed by atoms with Gasteiger partial charge in [0.15, 0.2) is 0 Å². The molecule has 60 valence electrons. The van der Waals surface area contributed by atoms with E-state index in [1.54, 1.807) is 0 Å². The van der Waals surface area contributed by atoms with Crippen molar-refractivity contribution in [3.8, 4) is 0 Å². The predicted octanol–water partition coefficient (Wildman–Crippen LogP) is 1.49. The van der Waals surface area contributed by atoms with Gasteiger partial charge in [-0.25, -0.2) is 0 Å². The minimum atomic E-state index is 0.803. The molecule has 2 heteroatoms. The molecule has 2 nitrogen and oxygen atoms in total. The summed E-state index contributed by atoms with van der Waals surface area (Å²) >= 11 is 0. The van der Waals surface area contributed by atoms with E-state index in [0.29, 0.717) is 0 Å². The average molecular weight is 143 g/mol. The van der Waals surface area contributed by atoms with Crippen LogP contribution in [0.5, 0.6) is 0 Å². The van der Waals surface area contributed by atoms with E-state index in [9.17, 15) is 0 Å². The molecule has 0 aliphatic heterocycles. The first kappa shape index (κ1) is 9.50. The highest BCUT2D eigenvalue weighted by molar-refractivity contribution is 4.50. The molecule has 0 aliphatic rings. The highest BCUT2D eigenvalue weighted by atomic mass is 16.5. The Morgan fingerprint density at radius 1 is 1.40 bits per heavy atom. The fourth-order valence-electron chi connectivity index (χ4n) is 0.697. The standard InChI is InChI=1S/C8H17NO/c1-4-10-8-6-5-7-9(2)3/h4H,1,5-8H2,2-3H3. The first-order chi connectivity index (χ1) is 4.77. The van der Waals surface area contributed by atoms with Crippen LogP contribution in [0.25, 0.3) is 0 Å². The van der Waals surface area contributed by atoms with Crippen LogP contribution in [0.4, 0.5) is 0 Å². The van der Waals surface area contributed by atoms with Gasteiger partial charge in [-0.1, -0.05) is 6.58 Å². The molecule has 0 aromatic heterocycles. The smallest absolute Gasteiger partial charge is 0.0873 e. The van der Waals surface area contributed by atoms with Crippen molar-refractivity contribution in [2.24, 2.45) is 0 Å². The zero-order valence-corrected chi connectivity index (χ0v) is 6.97. The van der Waals surface area contributed by atoms with Gasteiger partial charge in [0.1, 0.15) is 0 Å². The Labute approximate surface area is 63.5 Å². The Kier molecular flexibility index (Phi) is 6.29. The number of ether oxygens (including phenoxy) is 1. The van der Waals surface area contributed by atoms with Crippen molar-refractivity contribution in [1.82, 2.24) is 4.90 Å². The molecule has 0 spiro atoms. The molecule has 0 radical (unpaired) electrons. The van der Waals surface area contributed by atoms with E-state index in [1.807, 2.05) is 0 Å². The Hall–Kier alpha value is -0.500. The molecule has 0 N–H and O–H groups in total. The monoisotopic (exact) mass is 143 g/mol. The lowest BCUT2D eigenvalue weighted by atomic mass is 10.3. The van der Waals surface area contributed by atoms with Gasteiger partial charge in [-0.05, 0) is 33.5 Å². The number of nitrogens with zero attached hydrogens (tertiary/aromatic N) is 1. The second-order valence-corrected chi connectivity index (χ2v) is 2.55. The summed E-state index contributed by atoms with van der Waals surface area (Å²) in [7, 11) is 4.16. The molecule has 0 aromatic carbocycles. The number of hydrogen-bond donors (Lipinski definition) is 0. The Morgan fingerprint density at radius 3 is 2.60 bits per heavy atom. The van der Waals surface area contributed by atoms with E-state index in [2.05, 4.69) is 25.6 Å². The Balaban J connectivity index is 2.83. The average Bonchev–Trinajstić information content (AvgIpc) is 1.87. The zero-order chi connectivity index (χ0) is 7.82. The highest BCUT2D eigenvalue weighted by Crippen LogP contribution is 1.91. The second kappa shape index (κ2) is 6.62. The number of unbranched alkanes of at least 4 members (excludes halogenated alkanes) is 1. The first-order valence-corrected chi connectivity index (χ1v) is 3.64. The SMILES string of the molecule is C=COCCCCN(C)C. The molecule has 0 bridgehead atoms. The fraction of sp³-hybridized carbons (Fsp3) is 0.750. The Morgan fingerprint density at radius 2 is 2.10 bits per heavy atom. The first-order valence-electron chi connectivity index (χ1n) is 3.64. The van der Waals surface area contributed by atoms with Crippen LogP contribution in [0.1, 0.15) is 12.8 Å². The van der Waals surface area contributed by atoms with Gasteiger partial charge < -0.3 is 9.64 Å². The van der Waals surface area contributed by atoms with Crippen molar-refractivity contribution in [2.45, 2.75) is 12.8 Å². The largest absolute Gasteiger partial charge is 0.502 e. The maximum Gasteiger partial charge on any atom is 0.0873 e. The van der Waals surface area contributed by atoms with Gasteiger partial charge in [0.05, 0.1) is 12.9 Å². The molecular weight excluding hydrogens is 126 g/mol. The van der Waals surface area contributed by atoms with Gasteiger partial charge >= 0.3 is 0 Å². The lowest BCUT2D eigenvalue weighted by Crippen LogP contribution is -2.13. The topological polar surface area (TPSA) is 12.5 Å². The third-order valence-electron chi connectivity index (χ3n) is 1.24. The molecule has 0 rings (SSSR count). The van der Waals surface area contributed by atoms with E-state index >= 15 is 0 Å². The maximum absolute atomic E-state index is 4.96. The van der Waals surface area contributed by atoms with Crippen LogP contribution in [-0.2, 0) is 4.74 Å². The van der Waals surface area contributed by atoms with Gasteiger partial charge in [-0.15, -0.1) is 0 Å². The van der Waals surface area contributed by atoms with Crippen LogP contribution in [-0.4, -0.2) is 32.1 Å². The zero-order valence-electron chi connectivity index (χ0n) is 6.97. The van der Waals surface area contributed by atoms with Crippen LogP contribution in [0.15, 0.2) is 12.8 Å². The second-order valence-electron chi connectivity index (χ2n) is 2.55. The third kappa shape index (κ3) is 7.50. The van der Waals surface area contributed by atoms with Crippen molar-refractivity contribution in [3.63, 3.8) is 0 Å². The highest BCUT2D eigenvalue weighted by Gasteiger charge is 1.89. The summed E-state index contributed by atoms with van der Waals surface area (Å²) in [5.41, 5.74) is 0. The van der Waals surface area contributed by atoms with Gasteiger partial charge in [-0.3, -0.25) is 0 Å². The van der Waals surface area contributed by atoms with Crippen LogP contribution in [0.2, 0.25) is 0 Å². The summed E-state index contributed by atoms with van der Waals surface area (Å²) in [6.07, 6.45) is 3.81. The minimum absolute atomic E-state index is 0.803. The lowest BCUT2D eigenvalue weighted by Gasteiger charge is -2.07. The van der Waals surface area contributed by atoms with Crippen molar-refractivity contribution in [1.29, 1.82) is 0 Å². The van der Waals surface area contributed by atoms with Crippen LogP contribution in [0, 0.1) is 0 Å². The Bertz CT molecular complexity index is 81.3. The summed E-state index contributed by atoms with van der Waals surface area (Å²) in [5, 5.41) is 0.